The molecule has 0 radical (unpaired) electrons. The van der Waals surface area contributed by atoms with E-state index in [1.165, 1.54) is 16.2 Å². The van der Waals surface area contributed by atoms with Gasteiger partial charge in [0.15, 0.2) is 0 Å². The maximum Gasteiger partial charge on any atom is 0.240 e. The monoisotopic (exact) mass is 1060 g/mol. The number of benzene rings is 6. The van der Waals surface area contributed by atoms with Crippen LogP contribution in [0.1, 0.15) is 43.7 Å². The number of ether oxygens (including phenoxy) is 5. The van der Waals surface area contributed by atoms with Crippen LogP contribution in [0.5, 0.6) is 23.0 Å². The molecule has 1 unspecified atom stereocenters. The Balaban J connectivity index is 0.000000160. The third-order valence-electron chi connectivity index (χ3n) is 11.9. The zero-order chi connectivity index (χ0) is 52.5. The zero-order valence-corrected chi connectivity index (χ0v) is 42.9. The third kappa shape index (κ3) is 15.2. The largest absolute Gasteiger partial charge is 0.491 e. The number of epoxide rings is 1. The van der Waals surface area contributed by atoms with Crippen LogP contribution in [-0.4, -0.2) is 115 Å². The van der Waals surface area contributed by atoms with Gasteiger partial charge in [0.2, 0.25) is 11.8 Å². The van der Waals surface area contributed by atoms with Crippen molar-refractivity contribution in [2.75, 3.05) is 59.3 Å². The van der Waals surface area contributed by atoms with E-state index in [9.17, 15) is 14.7 Å². The standard InChI is InChI=1S/C27H27ClN4O4.C15H13NO2.C12H14ClN3O2.C2H6O/c28-22-13-17(23-8-10-27(34)32-31-23)5-9-26(22)35-12-11-29-15-18(33)16-36-19-6-7-21-20-3-1-2-4-24(20)30-25(21)14-19;1-2-4-14-12(3-1)13-6-5-10(7-15(13)16-14)17-8-11-9-18-11;13-9-7-8(1-3-11(9)18-6-5-14)10-2-4-12(17)16-15-10;1-2-3/h1-7,9,13-14,18,29-30,33H,8,10-12,15-16H2,(H,32,34);1-7,11,16H,8-9H2;1,3,7H,2,4-6,14H2,(H,16,17);3H,2H2,1H3/t18-;;;/m0.../s1. The number of amides is 2. The SMILES string of the molecule is CCO.NCCOc1ccc(C2=NNC(=O)CC2)cc1Cl.O=C1CCC(c2ccc(OCCNC[C@H](O)COc3ccc4c(c3)[nH]c3ccccc34)c(Cl)c2)=NN1.c1ccc2c(c1)[nH]c1cc(OCC3CO3)ccc12. The second-order valence-electron chi connectivity index (χ2n) is 17.5. The summed E-state index contributed by atoms with van der Waals surface area (Å²) >= 11 is 12.5. The van der Waals surface area contributed by atoms with E-state index >= 15 is 0 Å². The van der Waals surface area contributed by atoms with E-state index in [0.29, 0.717) is 98.5 Å². The fourth-order valence-corrected chi connectivity index (χ4v) is 8.55. The first kappa shape index (κ1) is 54.1. The van der Waals surface area contributed by atoms with Crippen LogP contribution in [0, 0.1) is 0 Å². The molecule has 1 fully saturated rings. The van der Waals surface area contributed by atoms with Crippen molar-refractivity contribution >= 4 is 90.1 Å². The lowest BCUT2D eigenvalue weighted by atomic mass is 10.0. The number of aromatic amines is 2. The molecule has 392 valence electrons. The number of hydrogen-bond acceptors (Lipinski definition) is 13. The Morgan fingerprint density at radius 3 is 1.64 bits per heavy atom. The summed E-state index contributed by atoms with van der Waals surface area (Å²) < 4.78 is 27.7. The highest BCUT2D eigenvalue weighted by atomic mass is 35.5. The number of para-hydroxylation sites is 2. The minimum Gasteiger partial charge on any atom is -0.491 e. The van der Waals surface area contributed by atoms with Crippen molar-refractivity contribution in [3.05, 3.63) is 142 Å². The third-order valence-corrected chi connectivity index (χ3v) is 12.5. The molecule has 9 N–H and O–H groups in total. The molecule has 11 rings (SSSR count). The minimum absolute atomic E-state index is 0.0623. The second kappa shape index (κ2) is 26.8. The Morgan fingerprint density at radius 2 is 1.16 bits per heavy atom. The number of H-pyrrole nitrogens is 2. The molecule has 8 aromatic rings. The fourth-order valence-electron chi connectivity index (χ4n) is 8.08. The first-order chi connectivity index (χ1) is 36.6. The van der Waals surface area contributed by atoms with Crippen LogP contribution in [0.3, 0.4) is 0 Å². The first-order valence-corrected chi connectivity index (χ1v) is 25.5. The summed E-state index contributed by atoms with van der Waals surface area (Å²) in [6.45, 7) is 5.75. The normalized spacial score (nSPS) is 15.2. The van der Waals surface area contributed by atoms with E-state index in [0.717, 1.165) is 62.4 Å². The number of carbonyl (C=O) groups excluding carboxylic acids is 2. The predicted octanol–water partition coefficient (Wildman–Crippen LogP) is 8.39. The van der Waals surface area contributed by atoms with Crippen molar-refractivity contribution in [2.24, 2.45) is 15.9 Å². The summed E-state index contributed by atoms with van der Waals surface area (Å²) in [4.78, 5) is 29.1. The van der Waals surface area contributed by atoms with Crippen molar-refractivity contribution in [1.29, 1.82) is 0 Å². The van der Waals surface area contributed by atoms with Crippen LogP contribution < -0.4 is 40.8 Å². The molecule has 1 saturated heterocycles. The molecule has 5 heterocycles. The van der Waals surface area contributed by atoms with Gasteiger partial charge >= 0.3 is 0 Å². The lowest BCUT2D eigenvalue weighted by molar-refractivity contribution is -0.122. The number of hydrazone groups is 2. The van der Waals surface area contributed by atoms with Crippen molar-refractivity contribution in [3.63, 3.8) is 0 Å². The van der Waals surface area contributed by atoms with Gasteiger partial charge in [0.05, 0.1) is 39.1 Å². The van der Waals surface area contributed by atoms with E-state index in [4.69, 9.17) is 57.7 Å². The quantitative estimate of drug-likeness (QED) is 0.0318. The van der Waals surface area contributed by atoms with Crippen LogP contribution in [0.4, 0.5) is 0 Å². The van der Waals surface area contributed by atoms with Crippen LogP contribution >= 0.6 is 23.2 Å². The molecule has 3 aliphatic heterocycles. The van der Waals surface area contributed by atoms with Gasteiger partial charge in [-0.05, 0) is 90.8 Å². The van der Waals surface area contributed by atoms with Crippen molar-refractivity contribution in [2.45, 2.75) is 44.8 Å². The molecule has 0 spiro atoms. The van der Waals surface area contributed by atoms with Crippen molar-refractivity contribution < 1.29 is 43.5 Å². The fraction of sp³-hybridized carbons (Fsp3) is 0.286. The topological polar surface area (TPSA) is 242 Å². The van der Waals surface area contributed by atoms with Crippen LogP contribution in [0.2, 0.25) is 10.0 Å². The van der Waals surface area contributed by atoms with E-state index in [1.54, 1.807) is 31.2 Å². The summed E-state index contributed by atoms with van der Waals surface area (Å²) in [6.07, 6.45) is 1.69. The molecule has 19 heteroatoms. The van der Waals surface area contributed by atoms with Gasteiger partial charge in [-0.2, -0.15) is 10.2 Å². The van der Waals surface area contributed by atoms with E-state index < -0.39 is 6.10 Å². The van der Waals surface area contributed by atoms with Crippen LogP contribution in [-0.2, 0) is 14.3 Å². The minimum atomic E-state index is -0.664. The maximum atomic E-state index is 11.3. The number of nitrogens with two attached hydrogens (primary N) is 1. The lowest BCUT2D eigenvalue weighted by Gasteiger charge is -2.15. The Bertz CT molecular complexity index is 3280. The van der Waals surface area contributed by atoms with Gasteiger partial charge < -0.3 is 54.9 Å². The van der Waals surface area contributed by atoms with E-state index in [-0.39, 0.29) is 25.0 Å². The molecular weight excluding hydrogens is 1000 g/mol. The number of nitrogens with zero attached hydrogens (tertiary/aromatic N) is 2. The highest BCUT2D eigenvalue weighted by Gasteiger charge is 2.23. The number of hydrogen-bond donors (Lipinski definition) is 8. The smallest absolute Gasteiger partial charge is 0.240 e. The van der Waals surface area contributed by atoms with Gasteiger partial charge in [0.1, 0.15) is 61.6 Å². The molecule has 0 saturated carbocycles. The molecule has 0 bridgehead atoms. The van der Waals surface area contributed by atoms with Gasteiger partial charge in [0, 0.05) is 96.6 Å². The molecule has 2 aromatic heterocycles. The number of fused-ring (bicyclic) bond motifs is 6. The average molecular weight is 1060 g/mol. The summed E-state index contributed by atoms with van der Waals surface area (Å²) in [5, 5.41) is 34.9. The van der Waals surface area contributed by atoms with Crippen molar-refractivity contribution in [1.82, 2.24) is 26.1 Å². The van der Waals surface area contributed by atoms with Crippen LogP contribution in [0.25, 0.3) is 43.6 Å². The highest BCUT2D eigenvalue weighted by Crippen LogP contribution is 2.31. The maximum absolute atomic E-state index is 11.3. The average Bonchev–Trinajstić information content (AvgIpc) is 4.08. The molecule has 75 heavy (non-hydrogen) atoms. The first-order valence-electron chi connectivity index (χ1n) is 24.7. The van der Waals surface area contributed by atoms with Gasteiger partial charge in [-0.3, -0.25) is 9.59 Å². The highest BCUT2D eigenvalue weighted by molar-refractivity contribution is 6.33. The zero-order valence-electron chi connectivity index (χ0n) is 41.4. The Kier molecular flexibility index (Phi) is 19.3. The number of carbonyl (C=O) groups is 2. The van der Waals surface area contributed by atoms with Gasteiger partial charge in [-0.15, -0.1) is 0 Å². The predicted molar refractivity (Wildman–Crippen MR) is 295 cm³/mol. The number of rotatable bonds is 17. The molecule has 2 amide bonds. The summed E-state index contributed by atoms with van der Waals surface area (Å²) in [5.74, 6) is 2.62. The number of aliphatic hydroxyl groups excluding tert-OH is 2. The molecule has 0 aliphatic carbocycles. The Hall–Kier alpha value is -7.22. The Morgan fingerprint density at radius 1 is 0.667 bits per heavy atom. The summed E-state index contributed by atoms with van der Waals surface area (Å²) in [7, 11) is 0. The van der Waals surface area contributed by atoms with E-state index in [1.807, 2.05) is 60.7 Å². The number of aliphatic hydroxyl groups is 2. The molecular formula is C56H60Cl2N8O9. The van der Waals surface area contributed by atoms with E-state index in [2.05, 4.69) is 72.7 Å². The Labute approximate surface area is 443 Å². The summed E-state index contributed by atoms with van der Waals surface area (Å²) in [5.41, 5.74) is 18.0. The van der Waals surface area contributed by atoms with Gasteiger partial charge in [-0.25, -0.2) is 10.9 Å². The number of nitrogens with one attached hydrogen (secondary N) is 5. The van der Waals surface area contributed by atoms with Crippen LogP contribution in [0.15, 0.2) is 132 Å². The molecule has 6 aromatic carbocycles. The molecule has 2 atom stereocenters. The lowest BCUT2D eigenvalue weighted by Crippen LogP contribution is -2.33. The molecule has 17 nitrogen and oxygen atoms in total. The van der Waals surface area contributed by atoms with Crippen molar-refractivity contribution in [3.8, 4) is 23.0 Å². The number of aromatic nitrogens is 2. The second-order valence-corrected chi connectivity index (χ2v) is 18.3. The van der Waals surface area contributed by atoms with Gasteiger partial charge in [0.25, 0.3) is 0 Å². The molecule has 3 aliphatic rings. The number of halogens is 2. The summed E-state index contributed by atoms with van der Waals surface area (Å²) in [6, 6.07) is 39.5. The van der Waals surface area contributed by atoms with Gasteiger partial charge in [-0.1, -0.05) is 59.6 Å².